The van der Waals surface area contributed by atoms with E-state index in [0.717, 1.165) is 17.9 Å². The average molecular weight is 268 g/mol. The number of pyridine rings is 1. The van der Waals surface area contributed by atoms with Gasteiger partial charge in [0.2, 0.25) is 0 Å². The summed E-state index contributed by atoms with van der Waals surface area (Å²) in [6, 6.07) is 3.89. The molecular weight excluding hydrogens is 248 g/mol. The van der Waals surface area contributed by atoms with Crippen LogP contribution in [0.25, 0.3) is 0 Å². The second-order valence-corrected chi connectivity index (χ2v) is 5.04. The number of ether oxygens (including phenoxy) is 1. The standard InChI is InChI=1S/C13H20N2O2S/c1-10(6-8-18-3)15-9-12-11(13(16)17-2)5-4-7-14-12/h4-5,7,10,15H,6,8-9H2,1-3H3. The Morgan fingerprint density at radius 1 is 1.61 bits per heavy atom. The molecule has 0 aliphatic heterocycles. The van der Waals surface area contributed by atoms with Gasteiger partial charge in [-0.1, -0.05) is 0 Å². The Hall–Kier alpha value is -1.07. The number of hydrogen-bond acceptors (Lipinski definition) is 5. The molecule has 5 heteroatoms. The maximum absolute atomic E-state index is 11.6. The summed E-state index contributed by atoms with van der Waals surface area (Å²) >= 11 is 1.83. The lowest BCUT2D eigenvalue weighted by atomic mass is 10.2. The number of methoxy groups -OCH3 is 1. The van der Waals surface area contributed by atoms with Crippen LogP contribution in [0.15, 0.2) is 18.3 Å². The Morgan fingerprint density at radius 3 is 3.06 bits per heavy atom. The third kappa shape index (κ3) is 4.66. The molecule has 0 aromatic carbocycles. The molecule has 1 atom stereocenters. The summed E-state index contributed by atoms with van der Waals surface area (Å²) in [6.07, 6.45) is 4.89. The number of rotatable bonds is 7. The largest absolute Gasteiger partial charge is 0.465 e. The molecule has 0 aliphatic rings. The van der Waals surface area contributed by atoms with Crippen LogP contribution in [0.5, 0.6) is 0 Å². The van der Waals surface area contributed by atoms with Crippen molar-refractivity contribution < 1.29 is 9.53 Å². The van der Waals surface area contributed by atoms with E-state index in [9.17, 15) is 4.79 Å². The molecule has 1 unspecified atom stereocenters. The second kappa shape index (κ2) is 8.11. The lowest BCUT2D eigenvalue weighted by Crippen LogP contribution is -2.27. The van der Waals surface area contributed by atoms with Gasteiger partial charge in [-0.3, -0.25) is 4.98 Å². The minimum Gasteiger partial charge on any atom is -0.465 e. The molecule has 0 radical (unpaired) electrons. The number of nitrogens with zero attached hydrogens (tertiary/aromatic N) is 1. The minimum atomic E-state index is -0.336. The van der Waals surface area contributed by atoms with Crippen LogP contribution < -0.4 is 5.32 Å². The first-order chi connectivity index (χ1) is 8.69. The SMILES string of the molecule is COC(=O)c1cccnc1CNC(C)CCSC. The van der Waals surface area contributed by atoms with E-state index < -0.39 is 0 Å². The second-order valence-electron chi connectivity index (χ2n) is 4.05. The molecule has 4 nitrogen and oxygen atoms in total. The zero-order valence-corrected chi connectivity index (χ0v) is 11.9. The minimum absolute atomic E-state index is 0.336. The van der Waals surface area contributed by atoms with E-state index >= 15 is 0 Å². The zero-order chi connectivity index (χ0) is 13.4. The molecule has 0 amide bonds. The maximum atomic E-state index is 11.6. The van der Waals surface area contributed by atoms with Crippen LogP contribution in [0, 0.1) is 0 Å². The van der Waals surface area contributed by atoms with Crippen LogP contribution in [-0.2, 0) is 11.3 Å². The molecule has 0 saturated carbocycles. The van der Waals surface area contributed by atoms with Crippen molar-refractivity contribution in [3.8, 4) is 0 Å². The molecule has 1 heterocycles. The van der Waals surface area contributed by atoms with Gasteiger partial charge < -0.3 is 10.1 Å². The van der Waals surface area contributed by atoms with Crippen LogP contribution in [0.1, 0.15) is 29.4 Å². The van der Waals surface area contributed by atoms with Crippen molar-refractivity contribution in [2.24, 2.45) is 0 Å². The summed E-state index contributed by atoms with van der Waals surface area (Å²) < 4.78 is 4.74. The van der Waals surface area contributed by atoms with E-state index in [2.05, 4.69) is 23.5 Å². The van der Waals surface area contributed by atoms with Gasteiger partial charge in [-0.15, -0.1) is 0 Å². The summed E-state index contributed by atoms with van der Waals surface area (Å²) in [5.74, 6) is 0.789. The number of nitrogens with one attached hydrogen (secondary N) is 1. The van der Waals surface area contributed by atoms with E-state index in [-0.39, 0.29) is 5.97 Å². The molecule has 0 fully saturated rings. The van der Waals surface area contributed by atoms with Gasteiger partial charge in [0.15, 0.2) is 0 Å². The molecule has 18 heavy (non-hydrogen) atoms. The lowest BCUT2D eigenvalue weighted by molar-refractivity contribution is 0.0598. The molecule has 1 rings (SSSR count). The van der Waals surface area contributed by atoms with E-state index in [4.69, 9.17) is 4.74 Å². The first kappa shape index (κ1) is 15.0. The topological polar surface area (TPSA) is 51.2 Å². The maximum Gasteiger partial charge on any atom is 0.339 e. The van der Waals surface area contributed by atoms with Gasteiger partial charge in [0.1, 0.15) is 0 Å². The van der Waals surface area contributed by atoms with Crippen molar-refractivity contribution >= 4 is 17.7 Å². The Labute approximate surface area is 113 Å². The molecule has 0 aliphatic carbocycles. The van der Waals surface area contributed by atoms with Gasteiger partial charge in [0, 0.05) is 18.8 Å². The van der Waals surface area contributed by atoms with Gasteiger partial charge in [-0.2, -0.15) is 11.8 Å². The molecular formula is C13H20N2O2S. The Balaban J connectivity index is 2.59. The molecule has 100 valence electrons. The van der Waals surface area contributed by atoms with Gasteiger partial charge >= 0.3 is 5.97 Å². The van der Waals surface area contributed by atoms with E-state index in [1.54, 1.807) is 18.3 Å². The van der Waals surface area contributed by atoms with Crippen molar-refractivity contribution in [1.29, 1.82) is 0 Å². The lowest BCUT2D eigenvalue weighted by Gasteiger charge is -2.14. The van der Waals surface area contributed by atoms with Crippen LogP contribution in [0.2, 0.25) is 0 Å². The van der Waals surface area contributed by atoms with Crippen molar-refractivity contribution in [3.05, 3.63) is 29.6 Å². The summed E-state index contributed by atoms with van der Waals surface area (Å²) in [6.45, 7) is 2.72. The summed E-state index contributed by atoms with van der Waals surface area (Å²) in [5, 5.41) is 3.37. The third-order valence-corrected chi connectivity index (χ3v) is 3.31. The van der Waals surface area contributed by atoms with Gasteiger partial charge in [0.05, 0.1) is 18.4 Å². The quantitative estimate of drug-likeness (QED) is 0.767. The fourth-order valence-corrected chi connectivity index (χ4v) is 2.13. The van der Waals surface area contributed by atoms with Gasteiger partial charge in [-0.25, -0.2) is 4.79 Å². The van der Waals surface area contributed by atoms with Crippen LogP contribution in [0.3, 0.4) is 0 Å². The number of carbonyl (C=O) groups is 1. The first-order valence-corrected chi connectivity index (χ1v) is 7.33. The summed E-state index contributed by atoms with van der Waals surface area (Å²) in [4.78, 5) is 15.8. The number of aromatic nitrogens is 1. The van der Waals surface area contributed by atoms with E-state index in [0.29, 0.717) is 18.2 Å². The molecule has 0 saturated heterocycles. The van der Waals surface area contributed by atoms with Crippen LogP contribution in [0.4, 0.5) is 0 Å². The molecule has 1 N–H and O–H groups in total. The summed E-state index contributed by atoms with van der Waals surface area (Å²) in [5.41, 5.74) is 1.27. The average Bonchev–Trinajstić information content (AvgIpc) is 2.42. The van der Waals surface area contributed by atoms with E-state index in [1.165, 1.54) is 7.11 Å². The predicted octanol–water partition coefficient (Wildman–Crippen LogP) is 2.10. The number of carbonyl (C=O) groups excluding carboxylic acids is 1. The number of hydrogen-bond donors (Lipinski definition) is 1. The highest BCUT2D eigenvalue weighted by atomic mass is 32.2. The fourth-order valence-electron chi connectivity index (χ4n) is 1.54. The first-order valence-electron chi connectivity index (χ1n) is 5.93. The van der Waals surface area contributed by atoms with Crippen molar-refractivity contribution in [2.45, 2.75) is 25.9 Å². The zero-order valence-electron chi connectivity index (χ0n) is 11.1. The van der Waals surface area contributed by atoms with Crippen molar-refractivity contribution in [3.63, 3.8) is 0 Å². The molecule has 1 aromatic rings. The smallest absolute Gasteiger partial charge is 0.339 e. The summed E-state index contributed by atoms with van der Waals surface area (Å²) in [7, 11) is 1.38. The molecule has 1 aromatic heterocycles. The van der Waals surface area contributed by atoms with Gasteiger partial charge in [0.25, 0.3) is 0 Å². The number of esters is 1. The van der Waals surface area contributed by atoms with Crippen LogP contribution >= 0.6 is 11.8 Å². The highest BCUT2D eigenvalue weighted by Crippen LogP contribution is 2.08. The van der Waals surface area contributed by atoms with Gasteiger partial charge in [-0.05, 0) is 37.5 Å². The highest BCUT2D eigenvalue weighted by molar-refractivity contribution is 7.98. The molecule has 0 bridgehead atoms. The Kier molecular flexibility index (Phi) is 6.75. The van der Waals surface area contributed by atoms with E-state index in [1.807, 2.05) is 11.8 Å². The normalized spacial score (nSPS) is 12.2. The predicted molar refractivity (Wildman–Crippen MR) is 74.9 cm³/mol. The van der Waals surface area contributed by atoms with Crippen molar-refractivity contribution in [2.75, 3.05) is 19.1 Å². The van der Waals surface area contributed by atoms with Crippen LogP contribution in [-0.4, -0.2) is 36.1 Å². The Morgan fingerprint density at radius 2 is 2.39 bits per heavy atom. The van der Waals surface area contributed by atoms with Crippen molar-refractivity contribution in [1.82, 2.24) is 10.3 Å². The Bertz CT molecular complexity index is 385. The molecule has 0 spiro atoms. The monoisotopic (exact) mass is 268 g/mol. The number of thioether (sulfide) groups is 1. The fraction of sp³-hybridized carbons (Fsp3) is 0.538. The highest BCUT2D eigenvalue weighted by Gasteiger charge is 2.12. The third-order valence-electron chi connectivity index (χ3n) is 2.67.